The predicted molar refractivity (Wildman–Crippen MR) is 75.3 cm³/mol. The van der Waals surface area contributed by atoms with Crippen LogP contribution < -0.4 is 4.90 Å². The molecule has 0 aliphatic heterocycles. The average Bonchev–Trinajstić information content (AvgIpc) is 2.28. The van der Waals surface area contributed by atoms with Gasteiger partial charge in [-0.25, -0.2) is 4.79 Å². The molecule has 0 aliphatic carbocycles. The Hall–Kier alpha value is -1.77. The Balaban J connectivity index is 2.87. The zero-order chi connectivity index (χ0) is 13.7. The first-order valence-electron chi connectivity index (χ1n) is 6.13. The van der Waals surface area contributed by atoms with Crippen molar-refractivity contribution in [3.63, 3.8) is 0 Å². The number of nitrogens with zero attached hydrogens (tertiary/aromatic N) is 1. The van der Waals surface area contributed by atoms with Gasteiger partial charge < -0.3 is 10.0 Å². The highest BCUT2D eigenvalue weighted by molar-refractivity contribution is 5.79. The van der Waals surface area contributed by atoms with E-state index in [-0.39, 0.29) is 0 Å². The van der Waals surface area contributed by atoms with Crippen LogP contribution in [-0.4, -0.2) is 24.7 Å². The van der Waals surface area contributed by atoms with Gasteiger partial charge in [0.25, 0.3) is 0 Å². The molecule has 0 saturated carbocycles. The molecule has 98 valence electrons. The second-order valence-corrected chi connectivity index (χ2v) is 4.82. The van der Waals surface area contributed by atoms with Crippen LogP contribution in [0.15, 0.2) is 30.4 Å². The van der Waals surface area contributed by atoms with Crippen molar-refractivity contribution in [2.24, 2.45) is 0 Å². The summed E-state index contributed by atoms with van der Waals surface area (Å²) >= 11 is 0. The van der Waals surface area contributed by atoms with Crippen LogP contribution in [0.25, 0.3) is 0 Å². The summed E-state index contributed by atoms with van der Waals surface area (Å²) < 4.78 is 0. The van der Waals surface area contributed by atoms with Crippen LogP contribution in [-0.2, 0) is 4.79 Å². The molecular formula is C15H21NO2. The minimum absolute atomic E-state index is 0.493. The van der Waals surface area contributed by atoms with Crippen molar-refractivity contribution >= 4 is 11.7 Å². The number of aryl methyl sites for hydroxylation is 1. The number of anilines is 1. The van der Waals surface area contributed by atoms with Crippen LogP contribution in [0.4, 0.5) is 5.69 Å². The lowest BCUT2D eigenvalue weighted by atomic mass is 10.0. The van der Waals surface area contributed by atoms with Crippen molar-refractivity contribution in [3.8, 4) is 0 Å². The topological polar surface area (TPSA) is 40.5 Å². The fourth-order valence-electron chi connectivity index (χ4n) is 1.81. The SMILES string of the molecule is Cc1ccc(C(C)C)cc1N(C)C/C=C/C(=O)O. The van der Waals surface area contributed by atoms with E-state index in [2.05, 4.69) is 43.9 Å². The Morgan fingerprint density at radius 2 is 2.11 bits per heavy atom. The lowest BCUT2D eigenvalue weighted by molar-refractivity contribution is -0.131. The molecule has 0 saturated heterocycles. The van der Waals surface area contributed by atoms with Crippen LogP contribution in [0, 0.1) is 6.92 Å². The van der Waals surface area contributed by atoms with Gasteiger partial charge in [-0.3, -0.25) is 0 Å². The summed E-state index contributed by atoms with van der Waals surface area (Å²) in [6, 6.07) is 6.43. The van der Waals surface area contributed by atoms with Gasteiger partial charge in [0.2, 0.25) is 0 Å². The minimum Gasteiger partial charge on any atom is -0.478 e. The van der Waals surface area contributed by atoms with Crippen molar-refractivity contribution in [1.29, 1.82) is 0 Å². The molecule has 0 unspecified atom stereocenters. The summed E-state index contributed by atoms with van der Waals surface area (Å²) in [5.74, 6) is -0.414. The quantitative estimate of drug-likeness (QED) is 0.812. The largest absolute Gasteiger partial charge is 0.478 e. The molecule has 0 aromatic heterocycles. The number of rotatable bonds is 5. The van der Waals surface area contributed by atoms with Gasteiger partial charge in [0.1, 0.15) is 0 Å². The summed E-state index contributed by atoms with van der Waals surface area (Å²) in [5.41, 5.74) is 3.64. The highest BCUT2D eigenvalue weighted by Crippen LogP contribution is 2.24. The number of benzene rings is 1. The van der Waals surface area contributed by atoms with E-state index in [0.29, 0.717) is 12.5 Å². The Kier molecular flexibility index (Phi) is 4.95. The summed E-state index contributed by atoms with van der Waals surface area (Å²) in [7, 11) is 1.97. The molecule has 0 atom stereocenters. The summed E-state index contributed by atoms with van der Waals surface area (Å²) in [5, 5.41) is 8.56. The van der Waals surface area contributed by atoms with E-state index in [1.807, 2.05) is 7.05 Å². The second kappa shape index (κ2) is 6.24. The van der Waals surface area contributed by atoms with Gasteiger partial charge in [0.15, 0.2) is 0 Å². The third-order valence-corrected chi connectivity index (χ3v) is 2.95. The molecule has 1 rings (SSSR count). The van der Waals surface area contributed by atoms with E-state index in [4.69, 9.17) is 5.11 Å². The standard InChI is InChI=1S/C15H21NO2/c1-11(2)13-8-7-12(3)14(10-13)16(4)9-5-6-15(17)18/h5-8,10-11H,9H2,1-4H3,(H,17,18)/b6-5+. The van der Waals surface area contributed by atoms with Crippen LogP contribution in [0.1, 0.15) is 30.9 Å². The van der Waals surface area contributed by atoms with Crippen molar-refractivity contribution < 1.29 is 9.90 Å². The number of hydrogen-bond acceptors (Lipinski definition) is 2. The Morgan fingerprint density at radius 1 is 1.44 bits per heavy atom. The highest BCUT2D eigenvalue weighted by atomic mass is 16.4. The number of aliphatic carboxylic acids is 1. The molecule has 0 amide bonds. The van der Waals surface area contributed by atoms with Crippen molar-refractivity contribution in [2.75, 3.05) is 18.5 Å². The predicted octanol–water partition coefficient (Wildman–Crippen LogP) is 3.20. The molecule has 1 N–H and O–H groups in total. The molecular weight excluding hydrogens is 226 g/mol. The van der Waals surface area contributed by atoms with Gasteiger partial charge >= 0.3 is 5.97 Å². The van der Waals surface area contributed by atoms with E-state index < -0.39 is 5.97 Å². The van der Waals surface area contributed by atoms with Gasteiger partial charge in [0, 0.05) is 25.4 Å². The lowest BCUT2D eigenvalue weighted by Crippen LogP contribution is -2.18. The molecule has 0 spiro atoms. The molecule has 3 heteroatoms. The first-order valence-corrected chi connectivity index (χ1v) is 6.13. The maximum atomic E-state index is 10.4. The van der Waals surface area contributed by atoms with Crippen molar-refractivity contribution in [2.45, 2.75) is 26.7 Å². The average molecular weight is 247 g/mol. The van der Waals surface area contributed by atoms with Crippen molar-refractivity contribution in [1.82, 2.24) is 0 Å². The van der Waals surface area contributed by atoms with E-state index in [1.54, 1.807) is 6.08 Å². The fourth-order valence-corrected chi connectivity index (χ4v) is 1.81. The van der Waals surface area contributed by atoms with E-state index in [9.17, 15) is 4.79 Å². The Labute approximate surface area is 109 Å². The Morgan fingerprint density at radius 3 is 2.67 bits per heavy atom. The van der Waals surface area contributed by atoms with E-state index >= 15 is 0 Å². The summed E-state index contributed by atoms with van der Waals surface area (Å²) in [6.07, 6.45) is 2.84. The van der Waals surface area contributed by atoms with Gasteiger partial charge in [0.05, 0.1) is 0 Å². The van der Waals surface area contributed by atoms with Gasteiger partial charge in [-0.1, -0.05) is 32.1 Å². The molecule has 18 heavy (non-hydrogen) atoms. The molecule has 0 heterocycles. The van der Waals surface area contributed by atoms with Crippen LogP contribution >= 0.6 is 0 Å². The first-order chi connectivity index (χ1) is 8.41. The van der Waals surface area contributed by atoms with Crippen molar-refractivity contribution in [3.05, 3.63) is 41.5 Å². The summed E-state index contributed by atoms with van der Waals surface area (Å²) in [6.45, 7) is 6.99. The van der Waals surface area contributed by atoms with E-state index in [1.165, 1.54) is 17.2 Å². The maximum Gasteiger partial charge on any atom is 0.328 e. The smallest absolute Gasteiger partial charge is 0.328 e. The lowest BCUT2D eigenvalue weighted by Gasteiger charge is -2.21. The fraction of sp³-hybridized carbons (Fsp3) is 0.400. The Bertz CT molecular complexity index is 450. The third-order valence-electron chi connectivity index (χ3n) is 2.95. The van der Waals surface area contributed by atoms with Crippen LogP contribution in [0.5, 0.6) is 0 Å². The van der Waals surface area contributed by atoms with Gasteiger partial charge in [-0.15, -0.1) is 0 Å². The second-order valence-electron chi connectivity index (χ2n) is 4.82. The van der Waals surface area contributed by atoms with Crippen LogP contribution in [0.2, 0.25) is 0 Å². The molecule has 1 aromatic carbocycles. The molecule has 0 fully saturated rings. The summed E-state index contributed by atoms with van der Waals surface area (Å²) in [4.78, 5) is 12.5. The highest BCUT2D eigenvalue weighted by Gasteiger charge is 2.06. The van der Waals surface area contributed by atoms with Gasteiger partial charge in [-0.05, 0) is 30.0 Å². The van der Waals surface area contributed by atoms with Gasteiger partial charge in [-0.2, -0.15) is 0 Å². The first kappa shape index (κ1) is 14.3. The third kappa shape index (κ3) is 3.91. The molecule has 0 bridgehead atoms. The molecule has 3 nitrogen and oxygen atoms in total. The minimum atomic E-state index is -0.906. The van der Waals surface area contributed by atoms with E-state index in [0.717, 1.165) is 5.69 Å². The maximum absolute atomic E-state index is 10.4. The molecule has 0 radical (unpaired) electrons. The van der Waals surface area contributed by atoms with Crippen LogP contribution in [0.3, 0.4) is 0 Å². The normalized spacial score (nSPS) is 11.2. The molecule has 0 aliphatic rings. The number of carboxylic acids is 1. The molecule has 1 aromatic rings. The number of hydrogen-bond donors (Lipinski definition) is 1. The monoisotopic (exact) mass is 247 g/mol. The zero-order valence-corrected chi connectivity index (χ0v) is 11.5. The number of carbonyl (C=O) groups is 1. The zero-order valence-electron chi connectivity index (χ0n) is 11.5. The number of carboxylic acid groups (broad SMARTS) is 1. The number of likely N-dealkylation sites (N-methyl/N-ethyl adjacent to an activating group) is 1.